The number of anilines is 1. The molecule has 1 aromatic heterocycles. The molecule has 0 aliphatic rings. The summed E-state index contributed by atoms with van der Waals surface area (Å²) < 4.78 is 1.70. The van der Waals surface area contributed by atoms with E-state index in [1.165, 1.54) is 0 Å². The van der Waals surface area contributed by atoms with Gasteiger partial charge in [0.05, 0.1) is 5.69 Å². The summed E-state index contributed by atoms with van der Waals surface area (Å²) in [6.07, 6.45) is 1.71. The van der Waals surface area contributed by atoms with Crippen LogP contribution in [0.5, 0.6) is 0 Å². The van der Waals surface area contributed by atoms with E-state index in [1.807, 2.05) is 6.92 Å². The molecule has 1 atom stereocenters. The number of aryl methyl sites for hydroxylation is 1. The Kier molecular flexibility index (Phi) is 10.5. The number of hydrogen-bond donors (Lipinski definition) is 4. The lowest BCUT2D eigenvalue weighted by Crippen LogP contribution is -2.46. The van der Waals surface area contributed by atoms with Crippen LogP contribution in [0.1, 0.15) is 17.4 Å². The van der Waals surface area contributed by atoms with E-state index in [1.54, 1.807) is 38.0 Å². The normalized spacial score (nSPS) is 11.7. The number of guanidine groups is 1. The van der Waals surface area contributed by atoms with Gasteiger partial charge in [-0.1, -0.05) is 0 Å². The Hall–Kier alpha value is -1.60. The number of amides is 1. The maximum Gasteiger partial charge on any atom is 0.268 e. The fourth-order valence-electron chi connectivity index (χ4n) is 1.69. The molecule has 5 N–H and O–H groups in total. The monoisotopic (exact) mass is 338 g/mol. The molecule has 0 aromatic carbocycles. The Morgan fingerprint density at radius 3 is 2.52 bits per heavy atom. The van der Waals surface area contributed by atoms with Crippen molar-refractivity contribution >= 4 is 42.4 Å². The van der Waals surface area contributed by atoms with E-state index in [-0.39, 0.29) is 36.8 Å². The minimum absolute atomic E-state index is 0. The van der Waals surface area contributed by atoms with Crippen molar-refractivity contribution in [2.24, 2.45) is 12.0 Å². The number of halogens is 2. The van der Waals surface area contributed by atoms with Crippen LogP contribution < -0.4 is 21.7 Å². The second kappa shape index (κ2) is 10.2. The summed E-state index contributed by atoms with van der Waals surface area (Å²) in [6.45, 7) is 2.45. The molecule has 1 aromatic rings. The summed E-state index contributed by atoms with van der Waals surface area (Å²) in [5, 5.41) is 8.90. The molecule has 0 radical (unpaired) electrons. The number of rotatable bonds is 4. The first kappa shape index (κ1) is 21.7. The Labute approximate surface area is 137 Å². The van der Waals surface area contributed by atoms with Gasteiger partial charge in [0.25, 0.3) is 5.91 Å². The number of nitrogen functional groups attached to an aromatic ring is 1. The van der Waals surface area contributed by atoms with Crippen LogP contribution in [-0.2, 0) is 7.05 Å². The molecule has 0 saturated heterocycles. The molecular weight excluding hydrogens is 315 g/mol. The predicted octanol–water partition coefficient (Wildman–Crippen LogP) is 0.364. The molecule has 21 heavy (non-hydrogen) atoms. The topological polar surface area (TPSA) is 96.5 Å². The van der Waals surface area contributed by atoms with Gasteiger partial charge in [0, 0.05) is 39.9 Å². The van der Waals surface area contributed by atoms with Gasteiger partial charge in [0.15, 0.2) is 5.96 Å². The van der Waals surface area contributed by atoms with Gasteiger partial charge < -0.3 is 26.3 Å². The zero-order valence-electron chi connectivity index (χ0n) is 12.6. The predicted molar refractivity (Wildman–Crippen MR) is 91.7 cm³/mol. The smallest absolute Gasteiger partial charge is 0.268 e. The Bertz CT molecular complexity index is 474. The molecule has 7 nitrogen and oxygen atoms in total. The molecule has 1 rings (SSSR count). The van der Waals surface area contributed by atoms with E-state index in [0.29, 0.717) is 23.9 Å². The van der Waals surface area contributed by atoms with Gasteiger partial charge in [0.1, 0.15) is 5.69 Å². The standard InChI is InChI=1S/C12H22N6O.2ClH/c1-8(17-12(14-2)15-3)6-16-11(19)10-5-9(13)7-18(10)4;;/h5,7-8H,6,13H2,1-4H3,(H,16,19)(H2,14,15,17);2*1H. The third-order valence-corrected chi connectivity index (χ3v) is 2.67. The van der Waals surface area contributed by atoms with Crippen molar-refractivity contribution in [1.29, 1.82) is 0 Å². The molecule has 1 unspecified atom stereocenters. The van der Waals surface area contributed by atoms with E-state index in [0.717, 1.165) is 0 Å². The number of hydrogen-bond acceptors (Lipinski definition) is 3. The van der Waals surface area contributed by atoms with E-state index >= 15 is 0 Å². The van der Waals surface area contributed by atoms with Crippen molar-refractivity contribution in [2.75, 3.05) is 26.4 Å². The van der Waals surface area contributed by atoms with Crippen molar-refractivity contribution in [2.45, 2.75) is 13.0 Å². The minimum atomic E-state index is -0.146. The van der Waals surface area contributed by atoms with E-state index < -0.39 is 0 Å². The summed E-state index contributed by atoms with van der Waals surface area (Å²) in [6, 6.07) is 1.72. The molecule has 9 heteroatoms. The summed E-state index contributed by atoms with van der Waals surface area (Å²) in [5.41, 5.74) is 6.76. The second-order valence-corrected chi connectivity index (χ2v) is 4.35. The zero-order valence-corrected chi connectivity index (χ0v) is 14.3. The largest absolute Gasteiger partial charge is 0.397 e. The minimum Gasteiger partial charge on any atom is -0.397 e. The molecular formula is C12H24Cl2N6O. The molecule has 0 aliphatic carbocycles. The average Bonchev–Trinajstić information content (AvgIpc) is 2.72. The third-order valence-electron chi connectivity index (χ3n) is 2.67. The van der Waals surface area contributed by atoms with Crippen LogP contribution >= 0.6 is 24.8 Å². The van der Waals surface area contributed by atoms with E-state index in [9.17, 15) is 4.79 Å². The van der Waals surface area contributed by atoms with Crippen molar-refractivity contribution in [1.82, 2.24) is 20.5 Å². The summed E-state index contributed by atoms with van der Waals surface area (Å²) >= 11 is 0. The van der Waals surface area contributed by atoms with Crippen LogP contribution in [0.3, 0.4) is 0 Å². The number of aliphatic imine (C=N–C) groups is 1. The quantitative estimate of drug-likeness (QED) is 0.471. The molecule has 0 aliphatic heterocycles. The molecule has 0 spiro atoms. The third kappa shape index (κ3) is 6.59. The van der Waals surface area contributed by atoms with Crippen LogP contribution in [0.4, 0.5) is 5.69 Å². The Morgan fingerprint density at radius 2 is 2.10 bits per heavy atom. The Balaban J connectivity index is 0. The maximum atomic E-state index is 11.9. The molecule has 0 fully saturated rings. The lowest BCUT2D eigenvalue weighted by Gasteiger charge is -2.17. The molecule has 1 amide bonds. The molecule has 0 saturated carbocycles. The first-order valence-corrected chi connectivity index (χ1v) is 6.09. The summed E-state index contributed by atoms with van der Waals surface area (Å²) in [5.74, 6) is 0.539. The highest BCUT2D eigenvalue weighted by atomic mass is 35.5. The van der Waals surface area contributed by atoms with Crippen molar-refractivity contribution in [3.8, 4) is 0 Å². The van der Waals surface area contributed by atoms with Gasteiger partial charge in [-0.2, -0.15) is 0 Å². The van der Waals surface area contributed by atoms with Gasteiger partial charge in [-0.3, -0.25) is 9.79 Å². The number of nitrogens with one attached hydrogen (secondary N) is 3. The van der Waals surface area contributed by atoms with E-state index in [2.05, 4.69) is 20.9 Å². The van der Waals surface area contributed by atoms with Crippen molar-refractivity contribution in [3.05, 3.63) is 18.0 Å². The highest BCUT2D eigenvalue weighted by Gasteiger charge is 2.12. The van der Waals surface area contributed by atoms with Gasteiger partial charge in [-0.05, 0) is 13.0 Å². The first-order valence-electron chi connectivity index (χ1n) is 6.09. The second-order valence-electron chi connectivity index (χ2n) is 4.35. The molecule has 122 valence electrons. The number of carbonyl (C=O) groups is 1. The number of nitrogens with two attached hydrogens (primary N) is 1. The van der Waals surface area contributed by atoms with Crippen LogP contribution in [0.25, 0.3) is 0 Å². The number of nitrogens with zero attached hydrogens (tertiary/aromatic N) is 2. The highest BCUT2D eigenvalue weighted by Crippen LogP contribution is 2.08. The fourth-order valence-corrected chi connectivity index (χ4v) is 1.69. The molecule has 0 bridgehead atoms. The number of aromatic nitrogens is 1. The highest BCUT2D eigenvalue weighted by molar-refractivity contribution is 5.93. The van der Waals surface area contributed by atoms with Crippen molar-refractivity contribution < 1.29 is 4.79 Å². The van der Waals surface area contributed by atoms with Crippen LogP contribution in [0.2, 0.25) is 0 Å². The fraction of sp³-hybridized carbons (Fsp3) is 0.500. The first-order chi connectivity index (χ1) is 8.97. The lowest BCUT2D eigenvalue weighted by molar-refractivity contribution is 0.0943. The van der Waals surface area contributed by atoms with Gasteiger partial charge in [-0.15, -0.1) is 24.8 Å². The zero-order chi connectivity index (χ0) is 14.4. The van der Waals surface area contributed by atoms with Crippen molar-refractivity contribution in [3.63, 3.8) is 0 Å². The summed E-state index contributed by atoms with van der Waals surface area (Å²) in [4.78, 5) is 16.0. The SMILES string of the molecule is CN=C(NC)NC(C)CNC(=O)c1cc(N)cn1C.Cl.Cl. The average molecular weight is 339 g/mol. The van der Waals surface area contributed by atoms with Gasteiger partial charge in [-0.25, -0.2) is 0 Å². The van der Waals surface area contributed by atoms with Gasteiger partial charge >= 0.3 is 0 Å². The molecule has 1 heterocycles. The Morgan fingerprint density at radius 1 is 1.48 bits per heavy atom. The van der Waals surface area contributed by atoms with Crippen LogP contribution in [-0.4, -0.2) is 43.1 Å². The van der Waals surface area contributed by atoms with Crippen LogP contribution in [0.15, 0.2) is 17.3 Å². The van der Waals surface area contributed by atoms with E-state index in [4.69, 9.17) is 5.73 Å². The lowest BCUT2D eigenvalue weighted by atomic mass is 10.3. The summed E-state index contributed by atoms with van der Waals surface area (Å²) in [7, 11) is 5.26. The van der Waals surface area contributed by atoms with Gasteiger partial charge in [0.2, 0.25) is 0 Å². The van der Waals surface area contributed by atoms with Crippen LogP contribution in [0, 0.1) is 0 Å². The maximum absolute atomic E-state index is 11.9. The number of carbonyl (C=O) groups excluding carboxylic acids is 1.